The standard InChI is InChI=1S/C22H23N3O2/c1-27-20-11-5-10-18(15-20)22(26)25-19-12-13-21(24-16-19)23-14-6-9-17-7-3-2-4-8-17/h2-5,7-8,10-13,15-16H,6,9,14H2,1H3,(H,23,24)(H,25,26). The number of aromatic nitrogens is 1. The first kappa shape index (κ1) is 18.5. The number of anilines is 2. The topological polar surface area (TPSA) is 63.2 Å². The van der Waals surface area contributed by atoms with Crippen LogP contribution >= 0.6 is 0 Å². The number of pyridine rings is 1. The van der Waals surface area contributed by atoms with Gasteiger partial charge >= 0.3 is 0 Å². The Morgan fingerprint density at radius 1 is 1.04 bits per heavy atom. The van der Waals surface area contributed by atoms with Gasteiger partial charge in [0.05, 0.1) is 19.0 Å². The first-order valence-corrected chi connectivity index (χ1v) is 8.94. The molecule has 5 nitrogen and oxygen atoms in total. The molecule has 0 spiro atoms. The van der Waals surface area contributed by atoms with Crippen LogP contribution in [0.2, 0.25) is 0 Å². The van der Waals surface area contributed by atoms with Crippen molar-refractivity contribution in [1.82, 2.24) is 4.98 Å². The predicted octanol–water partition coefficient (Wildman–Crippen LogP) is 4.39. The molecule has 0 aliphatic carbocycles. The van der Waals surface area contributed by atoms with Gasteiger partial charge in [0.15, 0.2) is 0 Å². The molecule has 0 bridgehead atoms. The zero-order valence-electron chi connectivity index (χ0n) is 15.3. The molecule has 0 aliphatic rings. The Morgan fingerprint density at radius 3 is 2.63 bits per heavy atom. The minimum absolute atomic E-state index is 0.195. The molecular weight excluding hydrogens is 338 g/mol. The molecule has 3 rings (SSSR count). The summed E-state index contributed by atoms with van der Waals surface area (Å²) in [5, 5.41) is 6.14. The molecule has 0 aliphatic heterocycles. The van der Waals surface area contributed by atoms with Crippen molar-refractivity contribution < 1.29 is 9.53 Å². The second-order valence-electron chi connectivity index (χ2n) is 6.13. The van der Waals surface area contributed by atoms with E-state index in [1.54, 1.807) is 37.6 Å². The lowest BCUT2D eigenvalue weighted by atomic mass is 10.1. The first-order chi connectivity index (χ1) is 13.2. The second-order valence-corrected chi connectivity index (χ2v) is 6.13. The van der Waals surface area contributed by atoms with E-state index in [4.69, 9.17) is 4.74 Å². The number of amides is 1. The third-order valence-electron chi connectivity index (χ3n) is 4.14. The monoisotopic (exact) mass is 361 g/mol. The number of benzene rings is 2. The minimum Gasteiger partial charge on any atom is -0.497 e. The van der Waals surface area contributed by atoms with Crippen LogP contribution in [0.4, 0.5) is 11.5 Å². The molecule has 3 aromatic rings. The highest BCUT2D eigenvalue weighted by Crippen LogP contribution is 2.15. The molecule has 1 aromatic heterocycles. The fraction of sp³-hybridized carbons (Fsp3) is 0.182. The number of nitrogens with one attached hydrogen (secondary N) is 2. The lowest BCUT2D eigenvalue weighted by Gasteiger charge is -2.08. The molecule has 0 saturated heterocycles. The average molecular weight is 361 g/mol. The molecule has 27 heavy (non-hydrogen) atoms. The van der Waals surface area contributed by atoms with Crippen molar-refractivity contribution in [2.75, 3.05) is 24.3 Å². The molecule has 0 atom stereocenters. The summed E-state index contributed by atoms with van der Waals surface area (Å²) in [4.78, 5) is 16.7. The quantitative estimate of drug-likeness (QED) is 0.584. The van der Waals surface area contributed by atoms with Crippen molar-refractivity contribution in [1.29, 1.82) is 0 Å². The van der Waals surface area contributed by atoms with E-state index in [9.17, 15) is 4.79 Å². The van der Waals surface area contributed by atoms with Crippen LogP contribution in [0.5, 0.6) is 5.75 Å². The van der Waals surface area contributed by atoms with Crippen LogP contribution in [0.25, 0.3) is 0 Å². The summed E-state index contributed by atoms with van der Waals surface area (Å²) in [7, 11) is 1.58. The van der Waals surface area contributed by atoms with E-state index >= 15 is 0 Å². The van der Waals surface area contributed by atoms with Crippen LogP contribution in [0, 0.1) is 0 Å². The van der Waals surface area contributed by atoms with Gasteiger partial charge in [0.2, 0.25) is 0 Å². The van der Waals surface area contributed by atoms with Crippen LogP contribution in [-0.4, -0.2) is 24.5 Å². The van der Waals surface area contributed by atoms with E-state index in [1.165, 1.54) is 5.56 Å². The van der Waals surface area contributed by atoms with Gasteiger partial charge in [0, 0.05) is 12.1 Å². The summed E-state index contributed by atoms with van der Waals surface area (Å²) in [5.74, 6) is 1.25. The molecule has 0 saturated carbocycles. The maximum Gasteiger partial charge on any atom is 0.255 e. The Kier molecular flexibility index (Phi) is 6.41. The van der Waals surface area contributed by atoms with E-state index in [2.05, 4.69) is 39.9 Å². The van der Waals surface area contributed by atoms with Crippen molar-refractivity contribution in [3.05, 3.63) is 84.1 Å². The van der Waals surface area contributed by atoms with Gasteiger partial charge in [-0.15, -0.1) is 0 Å². The largest absolute Gasteiger partial charge is 0.497 e. The zero-order chi connectivity index (χ0) is 18.9. The van der Waals surface area contributed by atoms with Gasteiger partial charge in [0.1, 0.15) is 11.6 Å². The molecular formula is C22H23N3O2. The van der Waals surface area contributed by atoms with Crippen molar-refractivity contribution in [2.45, 2.75) is 12.8 Å². The maximum absolute atomic E-state index is 12.3. The van der Waals surface area contributed by atoms with E-state index in [-0.39, 0.29) is 5.91 Å². The van der Waals surface area contributed by atoms with Crippen LogP contribution in [0.15, 0.2) is 72.9 Å². The van der Waals surface area contributed by atoms with E-state index in [0.29, 0.717) is 17.0 Å². The highest BCUT2D eigenvalue weighted by Gasteiger charge is 2.07. The van der Waals surface area contributed by atoms with Gasteiger partial charge in [-0.3, -0.25) is 4.79 Å². The van der Waals surface area contributed by atoms with Crippen LogP contribution < -0.4 is 15.4 Å². The molecule has 0 fully saturated rings. The predicted molar refractivity (Wildman–Crippen MR) is 108 cm³/mol. The van der Waals surface area contributed by atoms with Gasteiger partial charge in [-0.2, -0.15) is 0 Å². The third-order valence-corrected chi connectivity index (χ3v) is 4.14. The summed E-state index contributed by atoms with van der Waals surface area (Å²) in [6.07, 6.45) is 3.71. The highest BCUT2D eigenvalue weighted by atomic mass is 16.5. The number of aryl methyl sites for hydroxylation is 1. The minimum atomic E-state index is -0.195. The molecule has 5 heteroatoms. The molecule has 0 radical (unpaired) electrons. The van der Waals surface area contributed by atoms with Crippen LogP contribution in [0.1, 0.15) is 22.3 Å². The van der Waals surface area contributed by atoms with Crippen molar-refractivity contribution in [3.63, 3.8) is 0 Å². The Hall–Kier alpha value is -3.34. The second kappa shape index (κ2) is 9.38. The van der Waals surface area contributed by atoms with Gasteiger partial charge in [0.25, 0.3) is 5.91 Å². The number of hydrogen-bond acceptors (Lipinski definition) is 4. The number of methoxy groups -OCH3 is 1. The fourth-order valence-electron chi connectivity index (χ4n) is 2.69. The fourth-order valence-corrected chi connectivity index (χ4v) is 2.69. The first-order valence-electron chi connectivity index (χ1n) is 8.94. The number of carbonyl (C=O) groups is 1. The van der Waals surface area contributed by atoms with Crippen LogP contribution in [0.3, 0.4) is 0 Å². The van der Waals surface area contributed by atoms with Gasteiger partial charge in [-0.05, 0) is 48.7 Å². The third kappa shape index (κ3) is 5.57. The van der Waals surface area contributed by atoms with Crippen molar-refractivity contribution >= 4 is 17.4 Å². The number of rotatable bonds is 8. The number of nitrogens with zero attached hydrogens (tertiary/aromatic N) is 1. The molecule has 2 N–H and O–H groups in total. The van der Waals surface area contributed by atoms with Crippen molar-refractivity contribution in [2.24, 2.45) is 0 Å². The highest BCUT2D eigenvalue weighted by molar-refractivity contribution is 6.04. The maximum atomic E-state index is 12.3. The molecule has 2 aromatic carbocycles. The summed E-state index contributed by atoms with van der Waals surface area (Å²) >= 11 is 0. The Bertz CT molecular complexity index is 864. The van der Waals surface area contributed by atoms with Gasteiger partial charge in [-0.25, -0.2) is 4.98 Å². The summed E-state index contributed by atoms with van der Waals surface area (Å²) in [6, 6.07) is 21.2. The van der Waals surface area contributed by atoms with E-state index < -0.39 is 0 Å². The molecule has 138 valence electrons. The molecule has 1 heterocycles. The SMILES string of the molecule is COc1cccc(C(=O)Nc2ccc(NCCCc3ccccc3)nc2)c1. The smallest absolute Gasteiger partial charge is 0.255 e. The lowest BCUT2D eigenvalue weighted by Crippen LogP contribution is -2.12. The van der Waals surface area contributed by atoms with Gasteiger partial charge in [-0.1, -0.05) is 36.4 Å². The van der Waals surface area contributed by atoms with E-state index in [1.807, 2.05) is 18.2 Å². The normalized spacial score (nSPS) is 10.3. The Morgan fingerprint density at radius 2 is 1.89 bits per heavy atom. The average Bonchev–Trinajstić information content (AvgIpc) is 2.73. The van der Waals surface area contributed by atoms with Crippen LogP contribution in [-0.2, 0) is 6.42 Å². The Balaban J connectivity index is 1.47. The van der Waals surface area contributed by atoms with Gasteiger partial charge < -0.3 is 15.4 Å². The van der Waals surface area contributed by atoms with Crippen molar-refractivity contribution in [3.8, 4) is 5.75 Å². The Labute approximate surface area is 159 Å². The summed E-state index contributed by atoms with van der Waals surface area (Å²) in [6.45, 7) is 0.845. The molecule has 0 unspecified atom stereocenters. The summed E-state index contributed by atoms with van der Waals surface area (Å²) < 4.78 is 5.15. The number of carbonyl (C=O) groups excluding carboxylic acids is 1. The molecule has 1 amide bonds. The summed E-state index contributed by atoms with van der Waals surface area (Å²) in [5.41, 5.74) is 2.53. The van der Waals surface area contributed by atoms with E-state index in [0.717, 1.165) is 25.2 Å². The zero-order valence-corrected chi connectivity index (χ0v) is 15.3. The number of ether oxygens (including phenoxy) is 1. The lowest BCUT2D eigenvalue weighted by molar-refractivity contribution is 0.102. The number of hydrogen-bond donors (Lipinski definition) is 2.